The molecule has 0 aromatic carbocycles. The van der Waals surface area contributed by atoms with Gasteiger partial charge in [-0.1, -0.05) is 13.8 Å². The summed E-state index contributed by atoms with van der Waals surface area (Å²) in [5.41, 5.74) is 0. The lowest BCUT2D eigenvalue weighted by Gasteiger charge is -2.24. The molecule has 0 aliphatic heterocycles. The normalized spacial score (nSPS) is 12.9. The third-order valence-electron chi connectivity index (χ3n) is 2.55. The van der Waals surface area contributed by atoms with Gasteiger partial charge in [0.1, 0.15) is 0 Å². The van der Waals surface area contributed by atoms with Crippen molar-refractivity contribution < 1.29 is 14.6 Å². The zero-order valence-electron chi connectivity index (χ0n) is 10.2. The van der Waals surface area contributed by atoms with E-state index in [2.05, 4.69) is 0 Å². The monoisotopic (exact) mass is 217 g/mol. The summed E-state index contributed by atoms with van der Waals surface area (Å²) in [7, 11) is 3.26. The maximum atomic E-state index is 11.8. The number of carbonyl (C=O) groups excluding carboxylic acids is 1. The van der Waals surface area contributed by atoms with Crippen molar-refractivity contribution in [3.63, 3.8) is 0 Å². The Bertz CT molecular complexity index is 181. The molecule has 0 aromatic rings. The molecule has 0 bridgehead atoms. The second-order valence-electron chi connectivity index (χ2n) is 3.84. The predicted octanol–water partition coefficient (Wildman–Crippen LogP) is 0.888. The fraction of sp³-hybridized carbons (Fsp3) is 0.909. The summed E-state index contributed by atoms with van der Waals surface area (Å²) in [6.07, 6.45) is 1.10. The molecule has 0 spiro atoms. The van der Waals surface area contributed by atoms with Crippen LogP contribution in [0.3, 0.4) is 0 Å². The Labute approximate surface area is 92.2 Å². The van der Waals surface area contributed by atoms with E-state index in [1.807, 2.05) is 13.8 Å². The Hall–Kier alpha value is -0.610. The lowest BCUT2D eigenvalue weighted by molar-refractivity contribution is -0.136. The highest BCUT2D eigenvalue weighted by Gasteiger charge is 2.20. The number of amides is 1. The van der Waals surface area contributed by atoms with Crippen LogP contribution in [0, 0.1) is 5.92 Å². The van der Waals surface area contributed by atoms with Crippen molar-refractivity contribution in [1.82, 2.24) is 4.90 Å². The molecule has 0 aliphatic rings. The SMILES string of the molecule is CCC(CC)C(=O)N(C)CC(O)COC. The van der Waals surface area contributed by atoms with Crippen LogP contribution in [-0.2, 0) is 9.53 Å². The van der Waals surface area contributed by atoms with E-state index in [9.17, 15) is 9.90 Å². The van der Waals surface area contributed by atoms with E-state index < -0.39 is 6.10 Å². The Morgan fingerprint density at radius 1 is 1.40 bits per heavy atom. The highest BCUT2D eigenvalue weighted by atomic mass is 16.5. The first-order valence-electron chi connectivity index (χ1n) is 5.48. The highest BCUT2D eigenvalue weighted by Crippen LogP contribution is 2.11. The van der Waals surface area contributed by atoms with Crippen molar-refractivity contribution in [3.05, 3.63) is 0 Å². The van der Waals surface area contributed by atoms with Gasteiger partial charge in [0.15, 0.2) is 0 Å². The second kappa shape index (κ2) is 7.65. The zero-order valence-corrected chi connectivity index (χ0v) is 10.2. The number of carbonyl (C=O) groups is 1. The number of nitrogens with zero attached hydrogens (tertiary/aromatic N) is 1. The second-order valence-corrected chi connectivity index (χ2v) is 3.84. The standard InChI is InChI=1S/C11H23NO3/c1-5-9(6-2)11(14)12(3)7-10(13)8-15-4/h9-10,13H,5-8H2,1-4H3. The van der Waals surface area contributed by atoms with Crippen molar-refractivity contribution in [2.45, 2.75) is 32.8 Å². The van der Waals surface area contributed by atoms with Crippen molar-refractivity contribution in [3.8, 4) is 0 Å². The van der Waals surface area contributed by atoms with E-state index in [4.69, 9.17) is 4.74 Å². The molecule has 0 saturated carbocycles. The smallest absolute Gasteiger partial charge is 0.225 e. The van der Waals surface area contributed by atoms with Gasteiger partial charge in [-0.15, -0.1) is 0 Å². The Balaban J connectivity index is 4.07. The van der Waals surface area contributed by atoms with Gasteiger partial charge in [-0.25, -0.2) is 0 Å². The summed E-state index contributed by atoms with van der Waals surface area (Å²) in [5.74, 6) is 0.180. The first-order chi connectivity index (χ1) is 7.06. The van der Waals surface area contributed by atoms with E-state index in [1.54, 1.807) is 11.9 Å². The maximum absolute atomic E-state index is 11.8. The molecule has 1 unspecified atom stereocenters. The molecule has 4 nitrogen and oxygen atoms in total. The van der Waals surface area contributed by atoms with Crippen LogP contribution in [0.5, 0.6) is 0 Å². The number of rotatable bonds is 7. The van der Waals surface area contributed by atoms with Crippen LogP contribution in [0.25, 0.3) is 0 Å². The minimum Gasteiger partial charge on any atom is -0.389 e. The topological polar surface area (TPSA) is 49.8 Å². The molecule has 0 saturated heterocycles. The molecule has 4 heteroatoms. The lowest BCUT2D eigenvalue weighted by atomic mass is 10.0. The minimum atomic E-state index is -0.599. The number of aliphatic hydroxyl groups is 1. The molecule has 1 N–H and O–H groups in total. The van der Waals surface area contributed by atoms with E-state index in [-0.39, 0.29) is 18.4 Å². The fourth-order valence-electron chi connectivity index (χ4n) is 1.60. The van der Waals surface area contributed by atoms with Crippen LogP contribution >= 0.6 is 0 Å². The number of methoxy groups -OCH3 is 1. The number of likely N-dealkylation sites (N-methyl/N-ethyl adjacent to an activating group) is 1. The molecular formula is C11H23NO3. The fourth-order valence-corrected chi connectivity index (χ4v) is 1.60. The van der Waals surface area contributed by atoms with Gasteiger partial charge in [0, 0.05) is 26.6 Å². The molecular weight excluding hydrogens is 194 g/mol. The molecule has 15 heavy (non-hydrogen) atoms. The third-order valence-corrected chi connectivity index (χ3v) is 2.55. The summed E-state index contributed by atoms with van der Waals surface area (Å²) in [6, 6.07) is 0. The third kappa shape index (κ3) is 5.14. The van der Waals surface area contributed by atoms with Crippen molar-refractivity contribution in [2.75, 3.05) is 27.3 Å². The summed E-state index contributed by atoms with van der Waals surface area (Å²) < 4.78 is 4.81. The largest absolute Gasteiger partial charge is 0.389 e. The van der Waals surface area contributed by atoms with Crippen LogP contribution in [-0.4, -0.2) is 49.3 Å². The summed E-state index contributed by atoms with van der Waals surface area (Å²) in [4.78, 5) is 13.4. The molecule has 0 aromatic heterocycles. The predicted molar refractivity (Wildman–Crippen MR) is 59.6 cm³/mol. The van der Waals surface area contributed by atoms with Crippen molar-refractivity contribution >= 4 is 5.91 Å². The molecule has 0 aliphatic carbocycles. The Morgan fingerprint density at radius 3 is 2.33 bits per heavy atom. The van der Waals surface area contributed by atoms with Crippen LogP contribution in [0.4, 0.5) is 0 Å². The minimum absolute atomic E-state index is 0.0738. The van der Waals surface area contributed by atoms with Gasteiger partial charge in [0.05, 0.1) is 12.7 Å². The van der Waals surface area contributed by atoms with Gasteiger partial charge in [-0.3, -0.25) is 4.79 Å². The van der Waals surface area contributed by atoms with Crippen molar-refractivity contribution in [2.24, 2.45) is 5.92 Å². The van der Waals surface area contributed by atoms with Crippen molar-refractivity contribution in [1.29, 1.82) is 0 Å². The molecule has 0 radical (unpaired) electrons. The van der Waals surface area contributed by atoms with Gasteiger partial charge in [-0.2, -0.15) is 0 Å². The quantitative estimate of drug-likeness (QED) is 0.689. The number of hydrogen-bond donors (Lipinski definition) is 1. The summed E-state index contributed by atoms with van der Waals surface area (Å²) in [5, 5.41) is 9.48. The van der Waals surface area contributed by atoms with Gasteiger partial charge < -0.3 is 14.7 Å². The average Bonchev–Trinajstić information content (AvgIpc) is 2.19. The van der Waals surface area contributed by atoms with Gasteiger partial charge >= 0.3 is 0 Å². The molecule has 1 atom stereocenters. The van der Waals surface area contributed by atoms with Crippen LogP contribution in [0.15, 0.2) is 0 Å². The molecule has 90 valence electrons. The Morgan fingerprint density at radius 2 is 1.93 bits per heavy atom. The van der Waals surface area contributed by atoms with E-state index in [0.29, 0.717) is 6.54 Å². The summed E-state index contributed by atoms with van der Waals surface area (Å²) in [6.45, 7) is 4.61. The number of aliphatic hydroxyl groups excluding tert-OH is 1. The van der Waals surface area contributed by atoms with E-state index in [1.165, 1.54) is 7.11 Å². The highest BCUT2D eigenvalue weighted by molar-refractivity contribution is 5.78. The van der Waals surface area contributed by atoms with Crippen LogP contribution < -0.4 is 0 Å². The van der Waals surface area contributed by atoms with Crippen LogP contribution in [0.1, 0.15) is 26.7 Å². The zero-order chi connectivity index (χ0) is 11.8. The molecule has 0 fully saturated rings. The van der Waals surface area contributed by atoms with Gasteiger partial charge in [0.2, 0.25) is 5.91 Å². The number of hydrogen-bond acceptors (Lipinski definition) is 3. The van der Waals surface area contributed by atoms with Gasteiger partial charge in [0.25, 0.3) is 0 Å². The van der Waals surface area contributed by atoms with Gasteiger partial charge in [-0.05, 0) is 12.8 Å². The first-order valence-corrected chi connectivity index (χ1v) is 5.48. The average molecular weight is 217 g/mol. The number of ether oxygens (including phenoxy) is 1. The maximum Gasteiger partial charge on any atom is 0.225 e. The molecule has 0 rings (SSSR count). The Kier molecular flexibility index (Phi) is 7.34. The first kappa shape index (κ1) is 14.4. The lowest BCUT2D eigenvalue weighted by Crippen LogP contribution is -2.39. The molecule has 1 amide bonds. The summed E-state index contributed by atoms with van der Waals surface area (Å²) >= 11 is 0. The van der Waals surface area contributed by atoms with E-state index >= 15 is 0 Å². The molecule has 0 heterocycles. The van der Waals surface area contributed by atoms with Crippen LogP contribution in [0.2, 0.25) is 0 Å². The van der Waals surface area contributed by atoms with E-state index in [0.717, 1.165) is 12.8 Å².